The third-order valence-electron chi connectivity index (χ3n) is 0.893. The molecule has 0 bridgehead atoms. The molecule has 0 rings (SSSR count). The SMILES string of the molecule is O=S(=O)(/C=C/C(F)(F)F)/C=C/C(F)(F)F. The van der Waals surface area contributed by atoms with Gasteiger partial charge in [0.25, 0.3) is 0 Å². The van der Waals surface area contributed by atoms with Gasteiger partial charge in [-0.1, -0.05) is 0 Å². The molecule has 0 radical (unpaired) electrons. The third-order valence-corrected chi connectivity index (χ3v) is 1.92. The summed E-state index contributed by atoms with van der Waals surface area (Å²) in [6.07, 6.45) is -11.1. The molecular weight excluding hydrogens is 250 g/mol. The first-order chi connectivity index (χ1) is 6.41. The highest BCUT2D eigenvalue weighted by Crippen LogP contribution is 2.19. The highest BCUT2D eigenvalue weighted by atomic mass is 32.2. The van der Waals surface area contributed by atoms with Gasteiger partial charge < -0.3 is 0 Å². The Bertz CT molecular complexity index is 328. The molecule has 0 fully saturated rings. The lowest BCUT2D eigenvalue weighted by atomic mass is 10.6. The average molecular weight is 254 g/mol. The summed E-state index contributed by atoms with van der Waals surface area (Å²) >= 11 is 0. The summed E-state index contributed by atoms with van der Waals surface area (Å²) in [4.78, 5) is 0. The average Bonchev–Trinajstić information content (AvgIpc) is 1.96. The molecule has 0 aromatic carbocycles. The number of sulfone groups is 1. The molecule has 88 valence electrons. The van der Waals surface area contributed by atoms with Gasteiger partial charge in [0.1, 0.15) is 0 Å². The summed E-state index contributed by atoms with van der Waals surface area (Å²) in [5.74, 6) is 0. The van der Waals surface area contributed by atoms with Crippen molar-refractivity contribution in [3.8, 4) is 0 Å². The van der Waals surface area contributed by atoms with E-state index in [1.165, 1.54) is 0 Å². The summed E-state index contributed by atoms with van der Waals surface area (Å²) in [5, 5.41) is -0.704. The molecule has 0 spiro atoms. The van der Waals surface area contributed by atoms with Crippen molar-refractivity contribution in [2.45, 2.75) is 12.4 Å². The Morgan fingerprint density at radius 3 is 1.20 bits per heavy atom. The summed E-state index contributed by atoms with van der Waals surface area (Å²) in [5.41, 5.74) is 0. The van der Waals surface area contributed by atoms with Gasteiger partial charge in [-0.05, 0) is 0 Å². The molecular formula is C6H4F6O2S. The summed E-state index contributed by atoms with van der Waals surface area (Å²) in [6, 6.07) is 0. The van der Waals surface area contributed by atoms with Crippen LogP contribution in [0.15, 0.2) is 23.0 Å². The molecule has 0 saturated carbocycles. The van der Waals surface area contributed by atoms with Crippen molar-refractivity contribution in [1.82, 2.24) is 0 Å². The molecule has 0 unspecified atom stereocenters. The van der Waals surface area contributed by atoms with Crippen LogP contribution in [0, 0.1) is 0 Å². The van der Waals surface area contributed by atoms with Crippen LogP contribution in [-0.4, -0.2) is 20.8 Å². The predicted octanol–water partition coefficient (Wildman–Crippen LogP) is 2.55. The molecule has 15 heavy (non-hydrogen) atoms. The minimum atomic E-state index is -4.89. The number of halogens is 6. The van der Waals surface area contributed by atoms with E-state index in [9.17, 15) is 34.8 Å². The van der Waals surface area contributed by atoms with E-state index in [-0.39, 0.29) is 10.8 Å². The van der Waals surface area contributed by atoms with Crippen LogP contribution in [0.1, 0.15) is 0 Å². The van der Waals surface area contributed by atoms with Gasteiger partial charge in [0, 0.05) is 23.0 Å². The van der Waals surface area contributed by atoms with Crippen molar-refractivity contribution in [3.05, 3.63) is 23.0 Å². The summed E-state index contributed by atoms with van der Waals surface area (Å²) in [7, 11) is -4.65. The van der Waals surface area contributed by atoms with Gasteiger partial charge in [-0.15, -0.1) is 0 Å². The fourth-order valence-corrected chi connectivity index (χ4v) is 1.17. The van der Waals surface area contributed by atoms with Crippen molar-refractivity contribution >= 4 is 9.84 Å². The minimum absolute atomic E-state index is 0.352. The van der Waals surface area contributed by atoms with Crippen LogP contribution in [0.2, 0.25) is 0 Å². The molecule has 0 atom stereocenters. The van der Waals surface area contributed by atoms with Crippen LogP contribution < -0.4 is 0 Å². The number of alkyl halides is 6. The maximum atomic E-state index is 11.5. The highest BCUT2D eigenvalue weighted by Gasteiger charge is 2.25. The second-order valence-corrected chi connectivity index (χ2v) is 4.00. The van der Waals surface area contributed by atoms with Crippen molar-refractivity contribution < 1.29 is 34.8 Å². The Balaban J connectivity index is 4.75. The van der Waals surface area contributed by atoms with Gasteiger partial charge >= 0.3 is 12.4 Å². The monoisotopic (exact) mass is 254 g/mol. The van der Waals surface area contributed by atoms with E-state index >= 15 is 0 Å². The molecule has 0 saturated heterocycles. The molecule has 2 nitrogen and oxygen atoms in total. The molecule has 0 aliphatic heterocycles. The zero-order chi connectivity index (χ0) is 12.3. The molecule has 0 aliphatic carbocycles. The zero-order valence-electron chi connectivity index (χ0n) is 6.80. The highest BCUT2D eigenvalue weighted by molar-refractivity contribution is 7.97. The first-order valence-corrected chi connectivity index (χ1v) is 4.79. The van der Waals surface area contributed by atoms with Gasteiger partial charge in [-0.3, -0.25) is 0 Å². The van der Waals surface area contributed by atoms with Crippen molar-refractivity contribution in [2.24, 2.45) is 0 Å². The van der Waals surface area contributed by atoms with Crippen LogP contribution in [0.3, 0.4) is 0 Å². The van der Waals surface area contributed by atoms with Crippen molar-refractivity contribution in [2.75, 3.05) is 0 Å². The second-order valence-electron chi connectivity index (χ2n) is 2.28. The number of allylic oxidation sites excluding steroid dienone is 2. The van der Waals surface area contributed by atoms with E-state index in [4.69, 9.17) is 0 Å². The first-order valence-electron chi connectivity index (χ1n) is 3.18. The predicted molar refractivity (Wildman–Crippen MR) is 39.3 cm³/mol. The van der Waals surface area contributed by atoms with E-state index in [1.807, 2.05) is 0 Å². The maximum Gasteiger partial charge on any atom is 0.410 e. The van der Waals surface area contributed by atoms with Gasteiger partial charge in [0.15, 0.2) is 9.84 Å². The Morgan fingerprint density at radius 2 is 1.00 bits per heavy atom. The van der Waals surface area contributed by atoms with Gasteiger partial charge in [0.05, 0.1) is 0 Å². The molecule has 0 amide bonds. The van der Waals surface area contributed by atoms with Crippen LogP contribution in [0.4, 0.5) is 26.3 Å². The number of hydrogen-bond acceptors (Lipinski definition) is 2. The van der Waals surface area contributed by atoms with E-state index in [1.54, 1.807) is 0 Å². The van der Waals surface area contributed by atoms with Gasteiger partial charge in [0.2, 0.25) is 0 Å². The molecule has 0 aromatic heterocycles. The summed E-state index contributed by atoms with van der Waals surface area (Å²) in [6.45, 7) is 0. The van der Waals surface area contributed by atoms with E-state index < -0.39 is 34.3 Å². The Hall–Kier alpha value is -0.990. The van der Waals surface area contributed by atoms with Crippen LogP contribution in [0.25, 0.3) is 0 Å². The summed E-state index contributed by atoms with van der Waals surface area (Å²) < 4.78 is 89.9. The normalized spacial score (nSPS) is 15.3. The van der Waals surface area contributed by atoms with Crippen molar-refractivity contribution in [1.29, 1.82) is 0 Å². The fraction of sp³-hybridized carbons (Fsp3) is 0.333. The second kappa shape index (κ2) is 4.25. The zero-order valence-corrected chi connectivity index (χ0v) is 7.62. The lowest BCUT2D eigenvalue weighted by Gasteiger charge is -1.98. The van der Waals surface area contributed by atoms with E-state index in [0.717, 1.165) is 0 Å². The van der Waals surface area contributed by atoms with Crippen LogP contribution in [0.5, 0.6) is 0 Å². The standard InChI is InChI=1S/C6H4F6O2S/c7-5(8,9)1-3-15(13,14)4-2-6(10,11)12/h1-4H/b3-1+,4-2+. The van der Waals surface area contributed by atoms with E-state index in [0.29, 0.717) is 0 Å². The molecule has 9 heteroatoms. The minimum Gasteiger partial charge on any atom is -0.220 e. The largest absolute Gasteiger partial charge is 0.410 e. The number of hydrogen-bond donors (Lipinski definition) is 0. The lowest BCUT2D eigenvalue weighted by Crippen LogP contribution is -2.05. The number of rotatable bonds is 2. The van der Waals surface area contributed by atoms with E-state index in [2.05, 4.69) is 0 Å². The molecule has 0 heterocycles. The Morgan fingerprint density at radius 1 is 0.733 bits per heavy atom. The van der Waals surface area contributed by atoms with Crippen molar-refractivity contribution in [3.63, 3.8) is 0 Å². The maximum absolute atomic E-state index is 11.5. The molecule has 0 aromatic rings. The first kappa shape index (κ1) is 14.0. The van der Waals surface area contributed by atoms with Gasteiger partial charge in [-0.25, -0.2) is 8.42 Å². The smallest absolute Gasteiger partial charge is 0.220 e. The molecule has 0 aliphatic rings. The van der Waals surface area contributed by atoms with Crippen LogP contribution in [-0.2, 0) is 9.84 Å². The topological polar surface area (TPSA) is 34.1 Å². The van der Waals surface area contributed by atoms with Gasteiger partial charge in [-0.2, -0.15) is 26.3 Å². The quantitative estimate of drug-likeness (QED) is 0.709. The lowest BCUT2D eigenvalue weighted by molar-refractivity contribution is -0.0804. The fourth-order valence-electron chi connectivity index (χ4n) is 0.389. The molecule has 0 N–H and O–H groups in total. The van der Waals surface area contributed by atoms with Crippen LogP contribution >= 0.6 is 0 Å². The third kappa shape index (κ3) is 9.32. The Labute approximate surface area is 80.8 Å². The Kier molecular flexibility index (Phi) is 3.97.